The van der Waals surface area contributed by atoms with Gasteiger partial charge in [0.15, 0.2) is 60.1 Å². The number of aliphatic carboxylic acids is 1. The molecule has 76 heavy (non-hydrogen) atoms. The maximum absolute atomic E-state index is 11.1. The molecule has 0 saturated carbocycles. The number of hydrogen-bond acceptors (Lipinski definition) is 27. The number of oxazole rings is 3. The van der Waals surface area contributed by atoms with Gasteiger partial charge in [-0.2, -0.15) is 0 Å². The molecule has 0 radical (unpaired) electrons. The van der Waals surface area contributed by atoms with Gasteiger partial charge < -0.3 is 72.8 Å². The Labute approximate surface area is 495 Å². The summed E-state index contributed by atoms with van der Waals surface area (Å²) in [5, 5.41) is 23.9. The van der Waals surface area contributed by atoms with E-state index in [2.05, 4.69) is 39.5 Å². The molecule has 0 aromatic carbocycles. The summed E-state index contributed by atoms with van der Waals surface area (Å²) in [7, 11) is 0. The Bertz CT molecular complexity index is 1950. The van der Waals surface area contributed by atoms with Crippen molar-refractivity contribution in [3.8, 4) is 0 Å². The van der Waals surface area contributed by atoms with E-state index in [0.29, 0.717) is 68.8 Å². The van der Waals surface area contributed by atoms with E-state index in [-0.39, 0.29) is 122 Å². The molecule has 0 bridgehead atoms. The third-order valence-corrected chi connectivity index (χ3v) is 6.22. The number of aliphatic hydroxyl groups is 1. The predicted molar refractivity (Wildman–Crippen MR) is 266 cm³/mol. The largest absolute Gasteiger partial charge is 1.00 e. The summed E-state index contributed by atoms with van der Waals surface area (Å²) in [5.74, 6) is 0.290. The molecule has 3 heterocycles. The number of halogens is 1. The Morgan fingerprint density at radius 1 is 0.684 bits per heavy atom. The van der Waals surface area contributed by atoms with Gasteiger partial charge in [-0.05, 0) is 90.0 Å². The van der Waals surface area contributed by atoms with Crippen molar-refractivity contribution in [2.75, 3.05) is 46.2 Å². The summed E-state index contributed by atoms with van der Waals surface area (Å²) >= 11 is 0. The number of carbonyl (C=O) groups is 9. The number of nitrogens with two attached hydrogens (primary N) is 1. The number of carbonyl (C=O) groups excluding carboxylic acids is 9. The minimum atomic E-state index is -1.08. The van der Waals surface area contributed by atoms with Crippen molar-refractivity contribution in [1.82, 2.24) is 15.0 Å². The second-order valence-corrected chi connectivity index (χ2v) is 12.1. The topological polar surface area (TPSA) is 395 Å². The van der Waals surface area contributed by atoms with Crippen LogP contribution in [0.5, 0.6) is 0 Å². The number of esters is 5. The smallest absolute Gasteiger partial charge is 1.00 e. The summed E-state index contributed by atoms with van der Waals surface area (Å²) in [6.07, 6.45) is 5.47. The first-order valence-electron chi connectivity index (χ1n) is 21.5. The van der Waals surface area contributed by atoms with Crippen molar-refractivity contribution in [3.63, 3.8) is 0 Å². The van der Waals surface area contributed by atoms with E-state index >= 15 is 0 Å². The number of Topliss-reactive ketones (excluding diaryl/α,β-unsaturated/α-hetero) is 2. The first-order valence-corrected chi connectivity index (χ1v) is 21.5. The summed E-state index contributed by atoms with van der Waals surface area (Å²) in [6, 6.07) is 0. The van der Waals surface area contributed by atoms with Gasteiger partial charge in [0, 0.05) is 39.6 Å². The van der Waals surface area contributed by atoms with Crippen molar-refractivity contribution in [2.24, 2.45) is 5.90 Å². The zero-order valence-corrected chi connectivity index (χ0v) is 48.9. The standard InChI is InChI=1S/C9H14O4.C7H9NO3.C7H16O3.C6H10O3.C5H7NO2.C5H5NO2.C4H6O3.C2H4O2.Al.ClH.Li.H3NO.Na.4H/c1-4-12-6-8(7(3)10)9(11)13-5-2;1-3-10-7(9)6-5(2)8-4-11-6;1-4-8-7(9-5-2)10-6-3;1-3-9-6(8)4-5(2)7;2*1-4-5(2-7)8-3-6-4;1-3(5)7-4(2)6;1-2(3)4;;;;1-2;;;;;/h6H,4-5H2,1-3H3;4H,3H2,1-2H3;7H,4-6H2,1-3H3;3-4H2,1-2H3;3,7H,2H2,1H3;2-3H,1H3;1-2H3;1H3,(H,3,4);;1H;;2H,1H2;;;;;/q;;;;;;;;;;+1;;+1;;;;-1/p-1/b8-6-;;;;;;;;;;;;;;;;. The van der Waals surface area contributed by atoms with Crippen LogP contribution in [0, 0.1) is 20.8 Å². The fourth-order valence-electron chi connectivity index (χ4n) is 3.42. The molecule has 0 saturated heterocycles. The van der Waals surface area contributed by atoms with Crippen LogP contribution in [0.1, 0.15) is 135 Å². The minimum Gasteiger partial charge on any atom is -1.00 e. The number of hydrogen-bond donors (Lipinski definition) is 3. The van der Waals surface area contributed by atoms with Crippen LogP contribution in [-0.4, -0.2) is 149 Å². The van der Waals surface area contributed by atoms with Crippen molar-refractivity contribution in [3.05, 3.63) is 65.4 Å². The predicted octanol–water partition coefficient (Wildman–Crippen LogP) is -3.06. The molecule has 0 atom stereocenters. The Balaban J connectivity index is -0.0000000717. The molecule has 31 heteroatoms. The van der Waals surface area contributed by atoms with Crippen LogP contribution in [-0.2, 0) is 78.1 Å². The van der Waals surface area contributed by atoms with Gasteiger partial charge in [-0.15, -0.1) is 12.4 Å². The van der Waals surface area contributed by atoms with E-state index in [9.17, 15) is 38.4 Å². The number of aliphatic hydroxyl groups excluding tert-OH is 1. The molecule has 428 valence electrons. The van der Waals surface area contributed by atoms with Crippen LogP contribution in [0.3, 0.4) is 0 Å². The number of aldehydes is 1. The Morgan fingerprint density at radius 3 is 1.36 bits per heavy atom. The van der Waals surface area contributed by atoms with Crippen LogP contribution in [0.4, 0.5) is 0 Å². The summed E-state index contributed by atoms with van der Waals surface area (Å²) in [4.78, 5) is 103. The number of nitrogens with zero attached hydrogens (tertiary/aromatic N) is 3. The average Bonchev–Trinajstić information content (AvgIpc) is 4.05. The van der Waals surface area contributed by atoms with E-state index in [1.54, 1.807) is 48.5 Å². The Kier molecular flexibility index (Phi) is 82.1. The van der Waals surface area contributed by atoms with Gasteiger partial charge in [0.25, 0.3) is 6.48 Å². The van der Waals surface area contributed by atoms with Gasteiger partial charge >= 0.3 is 78.3 Å². The molecule has 3 aromatic rings. The van der Waals surface area contributed by atoms with Crippen LogP contribution in [0.25, 0.3) is 0 Å². The normalized spacial score (nSPS) is 8.80. The molecule has 0 aliphatic carbocycles. The molecular weight excluding hydrogens is 1060 g/mol. The third-order valence-electron chi connectivity index (χ3n) is 6.22. The van der Waals surface area contributed by atoms with Gasteiger partial charge in [-0.25, -0.2) is 30.4 Å². The molecule has 0 amide bonds. The molecule has 0 unspecified atom stereocenters. The van der Waals surface area contributed by atoms with Gasteiger partial charge in [0.1, 0.15) is 30.6 Å². The number of rotatable bonds is 18. The number of ketones is 2. The molecule has 4 N–H and O–H groups in total. The van der Waals surface area contributed by atoms with Crippen LogP contribution >= 0.6 is 12.4 Å². The van der Waals surface area contributed by atoms with E-state index in [0.717, 1.165) is 18.9 Å². The molecule has 3 aromatic heterocycles. The monoisotopic (exact) mass is 1130 g/mol. The molecule has 0 aliphatic rings. The second-order valence-electron chi connectivity index (χ2n) is 12.1. The second kappa shape index (κ2) is 66.5. The number of aryl methyl sites for hydroxylation is 3. The molecule has 27 nitrogen and oxygen atoms in total. The zero-order valence-electron chi connectivity index (χ0n) is 47.1. The number of carboxylic acid groups (broad SMARTS) is 1. The maximum atomic E-state index is 11.1. The maximum Gasteiger partial charge on any atom is 1.00 e. The first-order chi connectivity index (χ1) is 33.9. The summed E-state index contributed by atoms with van der Waals surface area (Å²) in [5.41, 5.74) is 1.90. The van der Waals surface area contributed by atoms with Crippen molar-refractivity contribution < 1.29 is 160 Å². The van der Waals surface area contributed by atoms with Crippen molar-refractivity contribution in [2.45, 2.75) is 123 Å². The van der Waals surface area contributed by atoms with Crippen LogP contribution in [0.2, 0.25) is 0 Å². The minimum absolute atomic E-state index is 0. The molecular formula is C45H78AlClLiN4NaO23. The van der Waals surface area contributed by atoms with Crippen LogP contribution < -0.4 is 59.4 Å². The van der Waals surface area contributed by atoms with Crippen molar-refractivity contribution >= 4 is 83.4 Å². The fourth-order valence-corrected chi connectivity index (χ4v) is 3.42. The third kappa shape index (κ3) is 63.7. The van der Waals surface area contributed by atoms with E-state index in [1.165, 1.54) is 46.9 Å². The van der Waals surface area contributed by atoms with Crippen LogP contribution in [0.15, 0.2) is 44.3 Å². The first kappa shape index (κ1) is 93.8. The van der Waals surface area contributed by atoms with E-state index < -0.39 is 42.3 Å². The quantitative estimate of drug-likeness (QED) is 0.0109. The van der Waals surface area contributed by atoms with E-state index in [4.69, 9.17) is 52.7 Å². The molecule has 0 fully saturated rings. The fraction of sp³-hybridized carbons (Fsp3) is 0.556. The Hall–Kier alpha value is -4.62. The van der Waals surface area contributed by atoms with Gasteiger partial charge in [0.05, 0.1) is 43.5 Å². The number of carboxylic acids is 1. The zero-order chi connectivity index (χ0) is 57.0. The van der Waals surface area contributed by atoms with E-state index in [1.807, 2.05) is 20.8 Å². The molecule has 0 aliphatic heterocycles. The van der Waals surface area contributed by atoms with Crippen molar-refractivity contribution in [1.29, 1.82) is 0 Å². The SMILES string of the molecule is CC(=O)OC(C)=O.CC(=O)[O-].CCO/C=C(/C(C)=O)C(=O)OCC.CCOC(=O)CC(C)=O.CCOC(=O)c1ocnc1C.CCOC(OCC)OCC.Cc1ncoc1C=O.Cc1ncoc1CO.Cl.NO.[AlH3].[H-].[Li+].[Na+]. The average molecular weight is 1140 g/mol. The number of ether oxygens (including phenoxy) is 8. The Morgan fingerprint density at radius 2 is 1.11 bits per heavy atom. The molecule has 3 rings (SSSR count). The van der Waals surface area contributed by atoms with Gasteiger partial charge in [-0.1, -0.05) is 0 Å². The summed E-state index contributed by atoms with van der Waals surface area (Å²) < 4.78 is 52.1. The van der Waals surface area contributed by atoms with Gasteiger partial charge in [-0.3, -0.25) is 28.8 Å². The number of aromatic nitrogens is 3. The summed E-state index contributed by atoms with van der Waals surface area (Å²) in [6.45, 7) is 26.4. The van der Waals surface area contributed by atoms with Gasteiger partial charge in [0.2, 0.25) is 5.76 Å². The molecule has 0 spiro atoms.